The number of thiophene rings is 1. The Kier molecular flexibility index (Phi) is 6.64. The number of aromatic nitrogens is 3. The van der Waals surface area contributed by atoms with Crippen LogP contribution in [0.25, 0.3) is 98.5 Å². The highest BCUT2D eigenvalue weighted by Crippen LogP contribution is 2.44. The maximum absolute atomic E-state index is 6.55. The second-order valence-corrected chi connectivity index (χ2v) is 13.5. The first kappa shape index (κ1) is 28.6. The zero-order valence-electron chi connectivity index (χ0n) is 26.7. The molecule has 0 bridgehead atoms. The van der Waals surface area contributed by atoms with Crippen molar-refractivity contribution in [3.63, 3.8) is 0 Å². The molecular weight excluding hydrogens is 631 g/mol. The molecule has 7 aromatic carbocycles. The molecule has 0 aliphatic carbocycles. The predicted molar refractivity (Wildman–Crippen MR) is 207 cm³/mol. The molecule has 3 heterocycles. The highest BCUT2D eigenvalue weighted by Gasteiger charge is 2.19. The minimum atomic E-state index is 0.656. The number of nitrogens with zero attached hydrogens (tertiary/aromatic N) is 3. The third kappa shape index (κ3) is 4.79. The minimum Gasteiger partial charge on any atom is -0.455 e. The SMILES string of the molecule is c1ccc(-c2cc(-c3ccc4c(c3)sc3c(-c5nc(-c6ccccc6)nc(-c6ccccc6)n5)cccc34)c3oc4ccccc4c3c2)cc1. The summed E-state index contributed by atoms with van der Waals surface area (Å²) in [7, 11) is 0. The lowest BCUT2D eigenvalue weighted by Gasteiger charge is -2.09. The Morgan fingerprint density at radius 3 is 1.72 bits per heavy atom. The average Bonchev–Trinajstić information content (AvgIpc) is 3.76. The van der Waals surface area contributed by atoms with Gasteiger partial charge in [0.05, 0.1) is 0 Å². The van der Waals surface area contributed by atoms with Gasteiger partial charge in [-0.05, 0) is 47.0 Å². The van der Waals surface area contributed by atoms with E-state index in [0.29, 0.717) is 17.5 Å². The summed E-state index contributed by atoms with van der Waals surface area (Å²) < 4.78 is 8.90. The van der Waals surface area contributed by atoms with E-state index < -0.39 is 0 Å². The van der Waals surface area contributed by atoms with Crippen molar-refractivity contribution in [2.75, 3.05) is 0 Å². The van der Waals surface area contributed by atoms with E-state index in [2.05, 4.69) is 91.0 Å². The number of furan rings is 1. The molecule has 50 heavy (non-hydrogen) atoms. The van der Waals surface area contributed by atoms with Crippen molar-refractivity contribution in [2.45, 2.75) is 0 Å². The van der Waals surface area contributed by atoms with Gasteiger partial charge in [-0.1, -0.05) is 133 Å². The zero-order valence-corrected chi connectivity index (χ0v) is 27.6. The summed E-state index contributed by atoms with van der Waals surface area (Å²) in [6.45, 7) is 0. The molecule has 5 heteroatoms. The lowest BCUT2D eigenvalue weighted by molar-refractivity contribution is 0.670. The van der Waals surface area contributed by atoms with Gasteiger partial charge in [0, 0.05) is 53.2 Å². The standard InChI is InChI=1S/C45H27N3OS/c1-4-13-28(14-5-1)32-25-37(41-38(26-32)33-19-10-11-22-39(33)49-41)31-23-24-34-35-20-12-21-36(42(35)50-40(34)27-31)45-47-43(29-15-6-2-7-16-29)46-44(48-45)30-17-8-3-9-18-30/h1-27H. The van der Waals surface area contributed by atoms with Crippen molar-refractivity contribution in [2.24, 2.45) is 0 Å². The molecule has 0 atom stereocenters. The van der Waals surface area contributed by atoms with Crippen LogP contribution in [0, 0.1) is 0 Å². The van der Waals surface area contributed by atoms with Crippen LogP contribution in [-0.2, 0) is 0 Å². The topological polar surface area (TPSA) is 51.8 Å². The van der Waals surface area contributed by atoms with E-state index in [0.717, 1.165) is 60.0 Å². The molecule has 0 aliphatic heterocycles. The van der Waals surface area contributed by atoms with E-state index in [1.165, 1.54) is 21.0 Å². The Bertz CT molecular complexity index is 2800. The Morgan fingerprint density at radius 1 is 0.380 bits per heavy atom. The third-order valence-electron chi connectivity index (χ3n) is 9.34. The van der Waals surface area contributed by atoms with Crippen molar-refractivity contribution in [3.05, 3.63) is 164 Å². The number of hydrogen-bond donors (Lipinski definition) is 0. The molecule has 10 aromatic rings. The molecule has 0 unspecified atom stereocenters. The van der Waals surface area contributed by atoms with Crippen LogP contribution >= 0.6 is 11.3 Å². The Labute approximate surface area is 292 Å². The summed E-state index contributed by atoms with van der Waals surface area (Å²) >= 11 is 1.78. The largest absolute Gasteiger partial charge is 0.455 e. The minimum absolute atomic E-state index is 0.656. The average molecular weight is 658 g/mol. The molecule has 10 rings (SSSR count). The Balaban J connectivity index is 1.17. The van der Waals surface area contributed by atoms with Crippen LogP contribution in [0.15, 0.2) is 168 Å². The van der Waals surface area contributed by atoms with Crippen molar-refractivity contribution < 1.29 is 4.42 Å². The van der Waals surface area contributed by atoms with Gasteiger partial charge in [-0.3, -0.25) is 0 Å². The van der Waals surface area contributed by atoms with Gasteiger partial charge in [0.25, 0.3) is 0 Å². The van der Waals surface area contributed by atoms with Gasteiger partial charge in [0.2, 0.25) is 0 Å². The number of para-hydroxylation sites is 1. The van der Waals surface area contributed by atoms with E-state index >= 15 is 0 Å². The molecule has 0 saturated carbocycles. The second kappa shape index (κ2) is 11.6. The van der Waals surface area contributed by atoms with Gasteiger partial charge in [0.1, 0.15) is 11.2 Å². The molecule has 0 radical (unpaired) electrons. The van der Waals surface area contributed by atoms with Gasteiger partial charge in [0.15, 0.2) is 17.5 Å². The Morgan fingerprint density at radius 2 is 1.00 bits per heavy atom. The maximum atomic E-state index is 6.55. The van der Waals surface area contributed by atoms with Crippen LogP contribution in [-0.4, -0.2) is 15.0 Å². The van der Waals surface area contributed by atoms with Crippen LogP contribution in [0.3, 0.4) is 0 Å². The van der Waals surface area contributed by atoms with Crippen LogP contribution < -0.4 is 0 Å². The fourth-order valence-corrected chi connectivity index (χ4v) is 8.16. The first-order valence-electron chi connectivity index (χ1n) is 16.6. The molecule has 234 valence electrons. The molecule has 0 amide bonds. The van der Waals surface area contributed by atoms with Gasteiger partial charge < -0.3 is 4.42 Å². The number of fused-ring (bicyclic) bond motifs is 6. The molecule has 0 aliphatic rings. The predicted octanol–water partition coefficient (Wildman–Crippen LogP) is 12.5. The monoisotopic (exact) mass is 657 g/mol. The highest BCUT2D eigenvalue weighted by atomic mass is 32.1. The molecule has 0 fully saturated rings. The van der Waals surface area contributed by atoms with Crippen molar-refractivity contribution in [1.82, 2.24) is 15.0 Å². The van der Waals surface area contributed by atoms with E-state index in [9.17, 15) is 0 Å². The molecule has 0 saturated heterocycles. The molecule has 0 N–H and O–H groups in total. The van der Waals surface area contributed by atoms with Crippen molar-refractivity contribution in [3.8, 4) is 56.4 Å². The highest BCUT2D eigenvalue weighted by molar-refractivity contribution is 7.26. The Hall–Kier alpha value is -6.43. The van der Waals surface area contributed by atoms with E-state index in [4.69, 9.17) is 19.4 Å². The van der Waals surface area contributed by atoms with Gasteiger partial charge in [-0.2, -0.15) is 0 Å². The summed E-state index contributed by atoms with van der Waals surface area (Å²) in [6.07, 6.45) is 0. The molecule has 0 spiro atoms. The fraction of sp³-hybridized carbons (Fsp3) is 0. The van der Waals surface area contributed by atoms with Crippen LogP contribution in [0.5, 0.6) is 0 Å². The summed E-state index contributed by atoms with van der Waals surface area (Å²) in [5.74, 6) is 1.97. The van der Waals surface area contributed by atoms with Gasteiger partial charge >= 0.3 is 0 Å². The summed E-state index contributed by atoms with van der Waals surface area (Å²) in [5.41, 5.74) is 9.23. The van der Waals surface area contributed by atoms with Crippen molar-refractivity contribution in [1.29, 1.82) is 0 Å². The van der Waals surface area contributed by atoms with Crippen molar-refractivity contribution >= 4 is 53.4 Å². The van der Waals surface area contributed by atoms with E-state index in [1.54, 1.807) is 11.3 Å². The second-order valence-electron chi connectivity index (χ2n) is 12.4. The van der Waals surface area contributed by atoms with Crippen LogP contribution in [0.1, 0.15) is 0 Å². The molecule has 4 nitrogen and oxygen atoms in total. The van der Waals surface area contributed by atoms with E-state index in [1.807, 2.05) is 72.8 Å². The smallest absolute Gasteiger partial charge is 0.165 e. The normalized spacial score (nSPS) is 11.6. The fourth-order valence-electron chi connectivity index (χ4n) is 6.91. The van der Waals surface area contributed by atoms with Gasteiger partial charge in [-0.25, -0.2) is 15.0 Å². The van der Waals surface area contributed by atoms with Crippen LogP contribution in [0.2, 0.25) is 0 Å². The summed E-state index contributed by atoms with van der Waals surface area (Å²) in [5, 5.41) is 4.63. The van der Waals surface area contributed by atoms with E-state index in [-0.39, 0.29) is 0 Å². The summed E-state index contributed by atoms with van der Waals surface area (Å²) in [4.78, 5) is 15.0. The van der Waals surface area contributed by atoms with Gasteiger partial charge in [-0.15, -0.1) is 11.3 Å². The quantitative estimate of drug-likeness (QED) is 0.185. The lowest BCUT2D eigenvalue weighted by Crippen LogP contribution is -2.00. The zero-order chi connectivity index (χ0) is 33.0. The number of benzene rings is 7. The first-order valence-corrected chi connectivity index (χ1v) is 17.4. The molecular formula is C45H27N3OS. The first-order chi connectivity index (χ1) is 24.8. The third-order valence-corrected chi connectivity index (χ3v) is 10.5. The number of rotatable bonds is 5. The summed E-state index contributed by atoms with van der Waals surface area (Å²) in [6, 6.07) is 56.8. The maximum Gasteiger partial charge on any atom is 0.165 e. The van der Waals surface area contributed by atoms with Crippen LogP contribution in [0.4, 0.5) is 0 Å². The number of hydrogen-bond acceptors (Lipinski definition) is 5. The molecule has 3 aromatic heterocycles. The lowest BCUT2D eigenvalue weighted by atomic mass is 9.95.